The average molecular weight is 286 g/mol. The van der Waals surface area contributed by atoms with Gasteiger partial charge < -0.3 is 15.1 Å². The van der Waals surface area contributed by atoms with E-state index in [9.17, 15) is 9.59 Å². The molecule has 5 heteroatoms. The first-order valence-corrected chi connectivity index (χ1v) is 6.67. The highest BCUT2D eigenvalue weighted by Crippen LogP contribution is 2.16. The summed E-state index contributed by atoms with van der Waals surface area (Å²) in [4.78, 5) is 23.7. The van der Waals surface area contributed by atoms with Gasteiger partial charge in [0.25, 0.3) is 5.91 Å². The van der Waals surface area contributed by atoms with Crippen LogP contribution in [0.4, 0.5) is 5.69 Å². The topological polar surface area (TPSA) is 71.3 Å². The predicted octanol–water partition coefficient (Wildman–Crippen LogP) is 2.57. The van der Waals surface area contributed by atoms with Crippen LogP contribution in [0, 0.1) is 20.8 Å². The first-order valence-electron chi connectivity index (χ1n) is 6.67. The third-order valence-corrected chi connectivity index (χ3v) is 3.18. The third kappa shape index (κ3) is 3.72. The summed E-state index contributed by atoms with van der Waals surface area (Å²) in [7, 11) is 0. The Morgan fingerprint density at radius 3 is 2.57 bits per heavy atom. The molecule has 0 aliphatic heterocycles. The molecule has 2 rings (SSSR count). The van der Waals surface area contributed by atoms with Crippen molar-refractivity contribution in [1.82, 2.24) is 5.32 Å². The molecular formula is C16H18N2O3. The Hall–Kier alpha value is -2.56. The van der Waals surface area contributed by atoms with Gasteiger partial charge in [-0.2, -0.15) is 0 Å². The number of hydrogen-bond donors (Lipinski definition) is 2. The standard InChI is InChI=1S/C16H18N2O3/c1-10-4-5-11(2)14(8-10)18-15(19)9-17-16(20)13-6-7-21-12(13)3/h4-8H,9H2,1-3H3,(H,17,20)(H,18,19). The maximum atomic E-state index is 11.9. The van der Waals surface area contributed by atoms with Crippen LogP contribution in [0.25, 0.3) is 0 Å². The van der Waals surface area contributed by atoms with E-state index in [1.165, 1.54) is 6.26 Å². The number of hydrogen-bond acceptors (Lipinski definition) is 3. The highest BCUT2D eigenvalue weighted by molar-refractivity contribution is 6.00. The Morgan fingerprint density at radius 1 is 1.14 bits per heavy atom. The molecule has 0 atom stereocenters. The van der Waals surface area contributed by atoms with E-state index in [-0.39, 0.29) is 18.4 Å². The molecule has 1 aromatic carbocycles. The van der Waals surface area contributed by atoms with E-state index in [0.29, 0.717) is 11.3 Å². The Bertz CT molecular complexity index is 674. The van der Waals surface area contributed by atoms with Crippen molar-refractivity contribution in [2.24, 2.45) is 0 Å². The zero-order valence-corrected chi connectivity index (χ0v) is 12.3. The molecule has 0 radical (unpaired) electrons. The molecule has 110 valence electrons. The van der Waals surface area contributed by atoms with Crippen molar-refractivity contribution in [2.45, 2.75) is 20.8 Å². The van der Waals surface area contributed by atoms with Gasteiger partial charge >= 0.3 is 0 Å². The summed E-state index contributed by atoms with van der Waals surface area (Å²) in [5.74, 6) is -0.0574. The summed E-state index contributed by atoms with van der Waals surface area (Å²) >= 11 is 0. The van der Waals surface area contributed by atoms with Gasteiger partial charge in [0.05, 0.1) is 18.4 Å². The van der Waals surface area contributed by atoms with Gasteiger partial charge in [-0.25, -0.2) is 0 Å². The van der Waals surface area contributed by atoms with Crippen molar-refractivity contribution in [2.75, 3.05) is 11.9 Å². The van der Waals surface area contributed by atoms with Crippen LogP contribution in [0.3, 0.4) is 0 Å². The Kier molecular flexibility index (Phi) is 4.42. The fourth-order valence-corrected chi connectivity index (χ4v) is 1.94. The van der Waals surface area contributed by atoms with Crippen LogP contribution in [0.2, 0.25) is 0 Å². The molecule has 1 heterocycles. The van der Waals surface area contributed by atoms with E-state index in [2.05, 4.69) is 10.6 Å². The van der Waals surface area contributed by atoms with Crippen molar-refractivity contribution in [1.29, 1.82) is 0 Å². The van der Waals surface area contributed by atoms with Crippen LogP contribution in [0.1, 0.15) is 27.2 Å². The summed E-state index contributed by atoms with van der Waals surface area (Å²) in [5, 5.41) is 5.36. The highest BCUT2D eigenvalue weighted by Gasteiger charge is 2.12. The lowest BCUT2D eigenvalue weighted by atomic mass is 10.1. The Balaban J connectivity index is 1.92. The second-order valence-electron chi connectivity index (χ2n) is 4.94. The second kappa shape index (κ2) is 6.26. The van der Waals surface area contributed by atoms with Crippen LogP contribution < -0.4 is 10.6 Å². The van der Waals surface area contributed by atoms with Gasteiger partial charge in [0, 0.05) is 5.69 Å². The molecule has 2 amide bonds. The fourth-order valence-electron chi connectivity index (χ4n) is 1.94. The summed E-state index contributed by atoms with van der Waals surface area (Å²) < 4.78 is 5.06. The predicted molar refractivity (Wildman–Crippen MR) is 80.3 cm³/mol. The zero-order chi connectivity index (χ0) is 15.4. The van der Waals surface area contributed by atoms with Gasteiger partial charge in [0.2, 0.25) is 5.91 Å². The van der Waals surface area contributed by atoms with E-state index in [1.807, 2.05) is 32.0 Å². The number of rotatable bonds is 4. The quantitative estimate of drug-likeness (QED) is 0.907. The van der Waals surface area contributed by atoms with E-state index in [0.717, 1.165) is 16.8 Å². The van der Waals surface area contributed by atoms with Gasteiger partial charge in [-0.15, -0.1) is 0 Å². The SMILES string of the molecule is Cc1ccc(C)c(NC(=O)CNC(=O)c2ccoc2C)c1. The lowest BCUT2D eigenvalue weighted by Crippen LogP contribution is -2.33. The van der Waals surface area contributed by atoms with Crippen molar-refractivity contribution >= 4 is 17.5 Å². The number of carbonyl (C=O) groups excluding carboxylic acids is 2. The fraction of sp³-hybridized carbons (Fsp3) is 0.250. The van der Waals surface area contributed by atoms with Crippen LogP contribution in [-0.4, -0.2) is 18.4 Å². The molecule has 5 nitrogen and oxygen atoms in total. The summed E-state index contributed by atoms with van der Waals surface area (Å²) in [6, 6.07) is 7.40. The third-order valence-electron chi connectivity index (χ3n) is 3.18. The minimum absolute atomic E-state index is 0.0865. The lowest BCUT2D eigenvalue weighted by Gasteiger charge is -2.10. The van der Waals surface area contributed by atoms with Crippen molar-refractivity contribution in [3.8, 4) is 0 Å². The van der Waals surface area contributed by atoms with Crippen LogP contribution >= 0.6 is 0 Å². The van der Waals surface area contributed by atoms with Crippen LogP contribution in [0.5, 0.6) is 0 Å². The van der Waals surface area contributed by atoms with Crippen molar-refractivity contribution < 1.29 is 14.0 Å². The molecule has 0 fully saturated rings. The molecule has 0 aliphatic carbocycles. The van der Waals surface area contributed by atoms with Gasteiger partial charge in [0.15, 0.2) is 0 Å². The van der Waals surface area contributed by atoms with Crippen LogP contribution in [0.15, 0.2) is 34.9 Å². The molecule has 0 unspecified atom stereocenters. The summed E-state index contributed by atoms with van der Waals surface area (Å²) in [5.41, 5.74) is 3.24. The van der Waals surface area contributed by atoms with E-state index < -0.39 is 0 Å². The summed E-state index contributed by atoms with van der Waals surface area (Å²) in [6.07, 6.45) is 1.44. The Morgan fingerprint density at radius 2 is 1.90 bits per heavy atom. The number of amides is 2. The minimum Gasteiger partial charge on any atom is -0.469 e. The highest BCUT2D eigenvalue weighted by atomic mass is 16.3. The number of anilines is 1. The monoisotopic (exact) mass is 286 g/mol. The van der Waals surface area contributed by atoms with Gasteiger partial charge in [-0.05, 0) is 44.0 Å². The lowest BCUT2D eigenvalue weighted by molar-refractivity contribution is -0.115. The maximum Gasteiger partial charge on any atom is 0.255 e. The molecule has 0 saturated heterocycles. The van der Waals surface area contributed by atoms with Gasteiger partial charge in [-0.1, -0.05) is 12.1 Å². The first-order chi connectivity index (χ1) is 9.97. The number of aryl methyl sites for hydroxylation is 3. The smallest absolute Gasteiger partial charge is 0.255 e. The molecule has 0 aliphatic rings. The molecule has 2 aromatic rings. The number of carbonyl (C=O) groups is 2. The van der Waals surface area contributed by atoms with E-state index in [4.69, 9.17) is 4.42 Å². The molecule has 21 heavy (non-hydrogen) atoms. The largest absolute Gasteiger partial charge is 0.469 e. The number of benzene rings is 1. The molecule has 1 aromatic heterocycles. The van der Waals surface area contributed by atoms with E-state index >= 15 is 0 Å². The van der Waals surface area contributed by atoms with E-state index in [1.54, 1.807) is 13.0 Å². The number of furan rings is 1. The minimum atomic E-state index is -0.322. The normalized spacial score (nSPS) is 10.2. The average Bonchev–Trinajstić information content (AvgIpc) is 2.86. The van der Waals surface area contributed by atoms with Gasteiger partial charge in [0.1, 0.15) is 5.76 Å². The molecule has 2 N–H and O–H groups in total. The first kappa shape index (κ1) is 14.8. The molecular weight excluding hydrogens is 268 g/mol. The maximum absolute atomic E-state index is 11.9. The second-order valence-corrected chi connectivity index (χ2v) is 4.94. The van der Waals surface area contributed by atoms with Crippen molar-refractivity contribution in [3.05, 3.63) is 53.0 Å². The number of nitrogens with one attached hydrogen (secondary N) is 2. The zero-order valence-electron chi connectivity index (χ0n) is 12.3. The Labute approximate surface area is 123 Å². The molecule has 0 bridgehead atoms. The van der Waals surface area contributed by atoms with Crippen molar-refractivity contribution in [3.63, 3.8) is 0 Å². The summed E-state index contributed by atoms with van der Waals surface area (Å²) in [6.45, 7) is 5.49. The van der Waals surface area contributed by atoms with Crippen LogP contribution in [-0.2, 0) is 4.79 Å². The molecule has 0 saturated carbocycles. The molecule has 0 spiro atoms. The van der Waals surface area contributed by atoms with Gasteiger partial charge in [-0.3, -0.25) is 9.59 Å².